The lowest BCUT2D eigenvalue weighted by molar-refractivity contribution is -0.389. The Kier molecular flexibility index (Phi) is 11.1. The van der Waals surface area contributed by atoms with Gasteiger partial charge in [0.25, 0.3) is 0 Å². The summed E-state index contributed by atoms with van der Waals surface area (Å²) in [6, 6.07) is -0.0166. The van der Waals surface area contributed by atoms with Crippen LogP contribution in [0.4, 0.5) is 5.82 Å². The van der Waals surface area contributed by atoms with Crippen LogP contribution >= 0.6 is 11.6 Å². The van der Waals surface area contributed by atoms with Gasteiger partial charge in [0.15, 0.2) is 5.02 Å². The third kappa shape index (κ3) is 8.14. The second-order valence-electron chi connectivity index (χ2n) is 7.32. The maximum absolute atomic E-state index is 12.4. The van der Waals surface area contributed by atoms with Gasteiger partial charge in [-0.3, -0.25) is 4.79 Å². The highest BCUT2D eigenvalue weighted by Crippen LogP contribution is 2.26. The molecule has 0 saturated heterocycles. The number of hydrogen-bond donors (Lipinski definition) is 1. The normalized spacial score (nSPS) is 12.4. The summed E-state index contributed by atoms with van der Waals surface area (Å²) in [5.41, 5.74) is 0.414. The van der Waals surface area contributed by atoms with Crippen LogP contribution in [0.2, 0.25) is 5.02 Å². The van der Waals surface area contributed by atoms with Crippen LogP contribution in [0.3, 0.4) is 0 Å². The third-order valence-electron chi connectivity index (χ3n) is 4.68. The fourth-order valence-corrected chi connectivity index (χ4v) is 3.34. The summed E-state index contributed by atoms with van der Waals surface area (Å²) in [5.74, 6) is -0.648. The fourth-order valence-electron chi connectivity index (χ4n) is 3.13. The molecule has 0 saturated carbocycles. The van der Waals surface area contributed by atoms with Crippen molar-refractivity contribution in [2.75, 3.05) is 19.6 Å². The summed E-state index contributed by atoms with van der Waals surface area (Å²) < 4.78 is 1.28. The van der Waals surface area contributed by atoms with Gasteiger partial charge < -0.3 is 20.3 Å². The van der Waals surface area contributed by atoms with E-state index in [1.165, 1.54) is 30.4 Å². The Labute approximate surface area is 172 Å². The molecule has 1 unspecified atom stereocenters. The van der Waals surface area contributed by atoms with Gasteiger partial charge in [-0.15, -0.1) is 0 Å². The van der Waals surface area contributed by atoms with Crippen LogP contribution < -0.4 is 5.32 Å². The van der Waals surface area contributed by atoms with Crippen molar-refractivity contribution in [2.45, 2.75) is 78.8 Å². The molecular formula is C19H34ClN5O3. The van der Waals surface area contributed by atoms with Crippen molar-refractivity contribution in [1.29, 1.82) is 0 Å². The van der Waals surface area contributed by atoms with Crippen LogP contribution in [0.25, 0.3) is 0 Å². The molecule has 0 aliphatic carbocycles. The van der Waals surface area contributed by atoms with E-state index in [0.717, 1.165) is 32.5 Å². The van der Waals surface area contributed by atoms with Gasteiger partial charge in [-0.05, 0) is 44.7 Å². The highest BCUT2D eigenvalue weighted by atomic mass is 35.5. The molecule has 0 radical (unpaired) electrons. The van der Waals surface area contributed by atoms with E-state index in [-0.39, 0.29) is 23.5 Å². The summed E-state index contributed by atoms with van der Waals surface area (Å²) in [7, 11) is 0. The molecule has 1 amide bonds. The number of hydrogen-bond acceptors (Lipinski definition) is 5. The van der Waals surface area contributed by atoms with Gasteiger partial charge in [-0.25, -0.2) is 0 Å². The predicted molar refractivity (Wildman–Crippen MR) is 112 cm³/mol. The van der Waals surface area contributed by atoms with E-state index in [9.17, 15) is 14.9 Å². The molecule has 160 valence electrons. The van der Waals surface area contributed by atoms with Crippen molar-refractivity contribution in [3.63, 3.8) is 0 Å². The summed E-state index contributed by atoms with van der Waals surface area (Å²) in [4.78, 5) is 25.1. The highest BCUT2D eigenvalue weighted by Gasteiger charge is 2.25. The minimum absolute atomic E-state index is 0.0166. The minimum atomic E-state index is -0.642. The quantitative estimate of drug-likeness (QED) is 0.282. The lowest BCUT2D eigenvalue weighted by Crippen LogP contribution is -2.43. The minimum Gasteiger partial charge on any atom is -0.358 e. The first-order valence-corrected chi connectivity index (χ1v) is 10.6. The number of nitrogens with zero attached hydrogens (tertiary/aromatic N) is 4. The third-order valence-corrected chi connectivity index (χ3v) is 5.12. The van der Waals surface area contributed by atoms with Gasteiger partial charge in [-0.1, -0.05) is 51.1 Å². The number of nitrogens with one attached hydrogen (secondary N) is 1. The number of carbonyl (C=O) groups excluding carboxylic acids is 1. The molecule has 1 aromatic heterocycles. The maximum Gasteiger partial charge on any atom is 0.408 e. The van der Waals surface area contributed by atoms with Crippen molar-refractivity contribution < 1.29 is 9.72 Å². The van der Waals surface area contributed by atoms with Gasteiger partial charge >= 0.3 is 5.82 Å². The molecule has 9 heteroatoms. The van der Waals surface area contributed by atoms with Crippen molar-refractivity contribution in [1.82, 2.24) is 20.0 Å². The van der Waals surface area contributed by atoms with Crippen LogP contribution in [-0.4, -0.2) is 51.2 Å². The van der Waals surface area contributed by atoms with E-state index in [4.69, 9.17) is 11.6 Å². The number of amides is 1. The Morgan fingerprint density at radius 2 is 1.82 bits per heavy atom. The Morgan fingerprint density at radius 1 is 1.25 bits per heavy atom. The summed E-state index contributed by atoms with van der Waals surface area (Å²) in [6.07, 6.45) is 7.13. The van der Waals surface area contributed by atoms with Gasteiger partial charge in [0, 0.05) is 12.6 Å². The Balaban J connectivity index is 2.58. The predicted octanol–water partition coefficient (Wildman–Crippen LogP) is 3.94. The topological polar surface area (TPSA) is 93.3 Å². The molecule has 8 nitrogen and oxygen atoms in total. The van der Waals surface area contributed by atoms with Gasteiger partial charge in [0.05, 0.1) is 10.8 Å². The maximum atomic E-state index is 12.4. The Bertz CT molecular complexity index is 625. The van der Waals surface area contributed by atoms with Gasteiger partial charge in [0.2, 0.25) is 5.91 Å². The Morgan fingerprint density at radius 3 is 2.29 bits per heavy atom. The first-order valence-electron chi connectivity index (χ1n) is 10.2. The van der Waals surface area contributed by atoms with E-state index in [1.807, 2.05) is 6.92 Å². The smallest absolute Gasteiger partial charge is 0.358 e. The average Bonchev–Trinajstić information content (AvgIpc) is 2.90. The number of halogens is 1. The second kappa shape index (κ2) is 12.7. The molecule has 1 aromatic rings. The van der Waals surface area contributed by atoms with Gasteiger partial charge in [-0.2, -0.15) is 4.68 Å². The first-order chi connectivity index (χ1) is 13.3. The average molecular weight is 416 g/mol. The number of unbranched alkanes of at least 4 members (excludes halogenated alkanes) is 4. The zero-order valence-corrected chi connectivity index (χ0v) is 18.3. The monoisotopic (exact) mass is 415 g/mol. The zero-order chi connectivity index (χ0) is 21.1. The molecule has 1 rings (SSSR count). The van der Waals surface area contributed by atoms with E-state index in [1.54, 1.807) is 6.92 Å². The molecule has 0 aromatic carbocycles. The fraction of sp³-hybridized carbons (Fsp3) is 0.789. The van der Waals surface area contributed by atoms with Crippen LogP contribution in [0.1, 0.15) is 65.0 Å². The van der Waals surface area contributed by atoms with Crippen LogP contribution in [0, 0.1) is 17.0 Å². The van der Waals surface area contributed by atoms with Gasteiger partial charge in [0.1, 0.15) is 6.54 Å². The molecular weight excluding hydrogens is 382 g/mol. The standard InChI is InChI=1S/C19H34ClN5O3/c1-5-7-9-11-23(12-10-8-6-2)13-15(3)21-17(26)14-24-16(4)18(20)19(22-24)25(27)28/h15H,5-14H2,1-4H3,(H,21,26). The zero-order valence-electron chi connectivity index (χ0n) is 17.5. The Hall–Kier alpha value is -1.67. The van der Waals surface area contributed by atoms with E-state index in [0.29, 0.717) is 5.69 Å². The molecule has 28 heavy (non-hydrogen) atoms. The second-order valence-corrected chi connectivity index (χ2v) is 7.70. The van der Waals surface area contributed by atoms with Crippen molar-refractivity contribution >= 4 is 23.3 Å². The van der Waals surface area contributed by atoms with E-state index in [2.05, 4.69) is 29.2 Å². The molecule has 0 bridgehead atoms. The molecule has 1 heterocycles. The largest absolute Gasteiger partial charge is 0.408 e. The van der Waals surface area contributed by atoms with Crippen LogP contribution in [0.5, 0.6) is 0 Å². The SMILES string of the molecule is CCCCCN(CCCCC)CC(C)NC(=O)Cn1nc([N+](=O)[O-])c(Cl)c1C. The van der Waals surface area contributed by atoms with Crippen molar-refractivity contribution in [2.24, 2.45) is 0 Å². The molecule has 0 aliphatic rings. The number of rotatable bonds is 14. The number of carbonyl (C=O) groups is 1. The van der Waals surface area contributed by atoms with Crippen molar-refractivity contribution in [3.05, 3.63) is 20.8 Å². The molecule has 1 N–H and O–H groups in total. The molecule has 0 spiro atoms. The lowest BCUT2D eigenvalue weighted by Gasteiger charge is -2.26. The number of nitro groups is 1. The van der Waals surface area contributed by atoms with Crippen LogP contribution in [0.15, 0.2) is 0 Å². The highest BCUT2D eigenvalue weighted by molar-refractivity contribution is 6.33. The van der Waals surface area contributed by atoms with E-state index >= 15 is 0 Å². The number of aromatic nitrogens is 2. The summed E-state index contributed by atoms with van der Waals surface area (Å²) in [6.45, 7) is 10.8. The molecule has 1 atom stereocenters. The van der Waals surface area contributed by atoms with Crippen LogP contribution in [-0.2, 0) is 11.3 Å². The summed E-state index contributed by atoms with van der Waals surface area (Å²) >= 11 is 5.92. The van der Waals surface area contributed by atoms with Crippen molar-refractivity contribution in [3.8, 4) is 0 Å². The summed E-state index contributed by atoms with van der Waals surface area (Å²) in [5, 5.41) is 17.7. The van der Waals surface area contributed by atoms with E-state index < -0.39 is 10.7 Å². The molecule has 0 aliphatic heterocycles. The lowest BCUT2D eigenvalue weighted by atomic mass is 10.2. The molecule has 0 fully saturated rings. The first kappa shape index (κ1) is 24.4.